The van der Waals surface area contributed by atoms with Crippen LogP contribution >= 0.6 is 0 Å². The molecule has 0 bridgehead atoms. The normalized spacial score (nSPS) is 9.33. The Balaban J connectivity index is 0. The molecule has 0 rings (SSSR count). The van der Waals surface area contributed by atoms with E-state index in [2.05, 4.69) is 6.92 Å². The molecule has 0 aliphatic rings. The van der Waals surface area contributed by atoms with Gasteiger partial charge in [0, 0.05) is 0 Å². The summed E-state index contributed by atoms with van der Waals surface area (Å²) in [5.74, 6) is 0. The first-order valence-corrected chi connectivity index (χ1v) is 5.54. The monoisotopic (exact) mass is 218 g/mol. The van der Waals surface area contributed by atoms with Crippen molar-refractivity contribution < 1.29 is 19.8 Å². The Morgan fingerprint density at radius 2 is 1.33 bits per heavy atom. The molecule has 0 amide bonds. The summed E-state index contributed by atoms with van der Waals surface area (Å²) >= 11 is 0. The summed E-state index contributed by atoms with van der Waals surface area (Å²) in [5.41, 5.74) is 0. The van der Waals surface area contributed by atoms with Crippen molar-refractivity contribution in [2.24, 2.45) is 0 Å². The minimum atomic E-state index is -1.10. The summed E-state index contributed by atoms with van der Waals surface area (Å²) in [4.78, 5) is 16.2. The molecule has 0 aliphatic carbocycles. The Kier molecular flexibility index (Phi) is 17.6. The van der Waals surface area contributed by atoms with E-state index in [9.17, 15) is 0 Å². The molecule has 0 saturated heterocycles. The van der Waals surface area contributed by atoms with E-state index in [1.807, 2.05) is 0 Å². The molecule has 0 fully saturated rings. The highest BCUT2D eigenvalue weighted by Gasteiger charge is 1.96. The highest BCUT2D eigenvalue weighted by molar-refractivity contribution is 5.20. The lowest BCUT2D eigenvalue weighted by Gasteiger charge is -2.02. The minimum Gasteiger partial charge on any atom is -0.368 e. The number of unbranched alkanes of at least 4 members (excludes halogenated alkanes) is 6. The molecule has 15 heavy (non-hydrogen) atoms. The Morgan fingerprint density at radius 1 is 0.933 bits per heavy atom. The zero-order valence-corrected chi connectivity index (χ0v) is 9.45. The van der Waals surface area contributed by atoms with E-state index in [1.165, 1.54) is 32.1 Å². The third kappa shape index (κ3) is 24.7. The van der Waals surface area contributed by atoms with Gasteiger partial charge < -0.3 is 10.2 Å². The Bertz CT molecular complexity index is 140. The standard InChI is InChI=1S/C10H22O2.CO2/c1-2-3-4-5-6-7-8-9-10(11)12;2-1-3/h10-12H,2-9H2,1H3;. The molecular weight excluding hydrogens is 196 g/mol. The molecular formula is C11H22O4. The summed E-state index contributed by atoms with van der Waals surface area (Å²) in [7, 11) is 0. The van der Waals surface area contributed by atoms with Crippen LogP contribution in [0.3, 0.4) is 0 Å². The van der Waals surface area contributed by atoms with E-state index < -0.39 is 6.29 Å². The zero-order chi connectivity index (χ0) is 11.9. The summed E-state index contributed by atoms with van der Waals surface area (Å²) in [6.07, 6.45) is 8.28. The highest BCUT2D eigenvalue weighted by Crippen LogP contribution is 2.08. The van der Waals surface area contributed by atoms with Gasteiger partial charge in [-0.2, -0.15) is 9.59 Å². The van der Waals surface area contributed by atoms with Crippen LogP contribution in [-0.2, 0) is 9.59 Å². The van der Waals surface area contributed by atoms with Gasteiger partial charge >= 0.3 is 6.15 Å². The van der Waals surface area contributed by atoms with Crippen molar-refractivity contribution in [3.05, 3.63) is 0 Å². The van der Waals surface area contributed by atoms with E-state index in [0.29, 0.717) is 6.42 Å². The van der Waals surface area contributed by atoms with E-state index in [4.69, 9.17) is 19.8 Å². The second-order valence-corrected chi connectivity index (χ2v) is 3.47. The van der Waals surface area contributed by atoms with Crippen molar-refractivity contribution in [1.29, 1.82) is 0 Å². The van der Waals surface area contributed by atoms with Crippen molar-refractivity contribution in [2.45, 2.75) is 64.6 Å². The van der Waals surface area contributed by atoms with Crippen molar-refractivity contribution in [3.8, 4) is 0 Å². The minimum absolute atomic E-state index is 0.250. The van der Waals surface area contributed by atoms with Crippen LogP contribution in [0.5, 0.6) is 0 Å². The molecule has 0 spiro atoms. The molecule has 90 valence electrons. The van der Waals surface area contributed by atoms with Crippen LogP contribution in [0.4, 0.5) is 0 Å². The van der Waals surface area contributed by atoms with E-state index in [0.717, 1.165) is 12.8 Å². The Morgan fingerprint density at radius 3 is 1.73 bits per heavy atom. The first kappa shape index (κ1) is 16.7. The summed E-state index contributed by atoms with van der Waals surface area (Å²) in [5, 5.41) is 17.1. The maximum atomic E-state index is 8.55. The van der Waals surface area contributed by atoms with Crippen LogP contribution < -0.4 is 0 Å². The maximum Gasteiger partial charge on any atom is 0.373 e. The molecule has 0 unspecified atom stereocenters. The smallest absolute Gasteiger partial charge is 0.368 e. The quantitative estimate of drug-likeness (QED) is 0.481. The number of aliphatic hydroxyl groups excluding tert-OH is 1. The summed E-state index contributed by atoms with van der Waals surface area (Å²) in [6, 6.07) is 0. The van der Waals surface area contributed by atoms with Crippen LogP contribution in [0.15, 0.2) is 0 Å². The fraction of sp³-hybridized carbons (Fsp3) is 0.909. The molecule has 4 nitrogen and oxygen atoms in total. The highest BCUT2D eigenvalue weighted by atomic mass is 16.5. The Hall–Kier alpha value is -0.700. The van der Waals surface area contributed by atoms with Gasteiger partial charge in [0.1, 0.15) is 0 Å². The van der Waals surface area contributed by atoms with Crippen LogP contribution in [0.25, 0.3) is 0 Å². The molecule has 2 N–H and O–H groups in total. The SMILES string of the molecule is CCCCCCCCCC(O)O.O=C=O. The lowest BCUT2D eigenvalue weighted by atomic mass is 10.1. The van der Waals surface area contributed by atoms with Gasteiger partial charge in [0.05, 0.1) is 0 Å². The maximum absolute atomic E-state index is 8.55. The van der Waals surface area contributed by atoms with Gasteiger partial charge in [-0.15, -0.1) is 0 Å². The second kappa shape index (κ2) is 15.8. The third-order valence-corrected chi connectivity index (χ3v) is 2.07. The van der Waals surface area contributed by atoms with Gasteiger partial charge in [0.25, 0.3) is 0 Å². The molecule has 0 aromatic rings. The first-order chi connectivity index (χ1) is 7.18. The fourth-order valence-electron chi connectivity index (χ4n) is 1.28. The zero-order valence-electron chi connectivity index (χ0n) is 9.45. The predicted octanol–water partition coefficient (Wildman–Crippen LogP) is 1.85. The van der Waals surface area contributed by atoms with Gasteiger partial charge in [0.2, 0.25) is 0 Å². The predicted molar refractivity (Wildman–Crippen MR) is 55.8 cm³/mol. The van der Waals surface area contributed by atoms with E-state index in [-0.39, 0.29) is 6.15 Å². The summed E-state index contributed by atoms with van der Waals surface area (Å²) in [6.45, 7) is 2.21. The van der Waals surface area contributed by atoms with Gasteiger partial charge in [-0.1, -0.05) is 45.4 Å². The largest absolute Gasteiger partial charge is 0.373 e. The number of hydrogen-bond donors (Lipinski definition) is 2. The number of aliphatic hydroxyl groups is 2. The topological polar surface area (TPSA) is 74.6 Å². The fourth-order valence-corrected chi connectivity index (χ4v) is 1.28. The second-order valence-electron chi connectivity index (χ2n) is 3.47. The Labute approximate surface area is 91.3 Å². The lowest BCUT2D eigenvalue weighted by molar-refractivity contribution is -0.191. The van der Waals surface area contributed by atoms with Crippen molar-refractivity contribution in [1.82, 2.24) is 0 Å². The summed E-state index contributed by atoms with van der Waals surface area (Å²) < 4.78 is 0. The molecule has 0 aromatic heterocycles. The molecule has 4 heteroatoms. The van der Waals surface area contributed by atoms with Crippen LogP contribution in [0, 0.1) is 0 Å². The molecule has 0 aliphatic heterocycles. The number of rotatable bonds is 8. The van der Waals surface area contributed by atoms with Crippen molar-refractivity contribution >= 4 is 6.15 Å². The van der Waals surface area contributed by atoms with Gasteiger partial charge in [-0.25, -0.2) is 0 Å². The average molecular weight is 218 g/mol. The number of hydrogen-bond acceptors (Lipinski definition) is 4. The van der Waals surface area contributed by atoms with E-state index >= 15 is 0 Å². The van der Waals surface area contributed by atoms with Gasteiger partial charge in [-0.3, -0.25) is 0 Å². The molecule has 0 atom stereocenters. The van der Waals surface area contributed by atoms with E-state index in [1.54, 1.807) is 0 Å². The van der Waals surface area contributed by atoms with Gasteiger partial charge in [0.15, 0.2) is 6.29 Å². The molecule has 0 heterocycles. The van der Waals surface area contributed by atoms with Crippen LogP contribution in [0.1, 0.15) is 58.3 Å². The van der Waals surface area contributed by atoms with Gasteiger partial charge in [-0.05, 0) is 12.8 Å². The van der Waals surface area contributed by atoms with Crippen LogP contribution in [-0.4, -0.2) is 22.7 Å². The average Bonchev–Trinajstić information content (AvgIpc) is 2.17. The molecule has 0 aromatic carbocycles. The first-order valence-electron chi connectivity index (χ1n) is 5.54. The van der Waals surface area contributed by atoms with Crippen molar-refractivity contribution in [2.75, 3.05) is 0 Å². The molecule has 0 radical (unpaired) electrons. The third-order valence-electron chi connectivity index (χ3n) is 2.07. The number of carbonyl (C=O) groups excluding carboxylic acids is 2. The lowest BCUT2D eigenvalue weighted by Crippen LogP contribution is -2.02. The van der Waals surface area contributed by atoms with Crippen molar-refractivity contribution in [3.63, 3.8) is 0 Å². The van der Waals surface area contributed by atoms with Crippen LogP contribution in [0.2, 0.25) is 0 Å². The molecule has 0 saturated carbocycles.